The molecule has 1 saturated carbocycles. The average Bonchev–Trinajstić information content (AvgIpc) is 3.24. The average molecular weight is 279 g/mol. The van der Waals surface area contributed by atoms with E-state index in [1.54, 1.807) is 9.08 Å². The van der Waals surface area contributed by atoms with Gasteiger partial charge in [0.05, 0.1) is 12.2 Å². The first-order valence-electron chi connectivity index (χ1n) is 7.35. The second kappa shape index (κ2) is 4.58. The summed E-state index contributed by atoms with van der Waals surface area (Å²) < 4.78 is 3.46. The van der Waals surface area contributed by atoms with Crippen molar-refractivity contribution in [3.05, 3.63) is 69.9 Å². The van der Waals surface area contributed by atoms with Gasteiger partial charge in [0, 0.05) is 18.3 Å². The highest BCUT2D eigenvalue weighted by Gasteiger charge is 2.26. The van der Waals surface area contributed by atoms with Crippen LogP contribution in [0.1, 0.15) is 35.6 Å². The summed E-state index contributed by atoms with van der Waals surface area (Å²) in [6.45, 7) is 2.66. The van der Waals surface area contributed by atoms with Crippen molar-refractivity contribution in [3.63, 3.8) is 0 Å². The Hall–Kier alpha value is -2.36. The van der Waals surface area contributed by atoms with Gasteiger partial charge in [0.1, 0.15) is 5.52 Å². The van der Waals surface area contributed by atoms with Gasteiger partial charge in [0.2, 0.25) is 0 Å². The fourth-order valence-electron chi connectivity index (χ4n) is 2.64. The maximum atomic E-state index is 12.6. The lowest BCUT2D eigenvalue weighted by Crippen LogP contribution is -2.21. The number of nitrogens with zero attached hydrogens (tertiary/aromatic N) is 3. The molecule has 0 atom stereocenters. The van der Waals surface area contributed by atoms with Crippen molar-refractivity contribution in [1.82, 2.24) is 14.2 Å². The lowest BCUT2D eigenvalue weighted by atomic mass is 10.1. The number of fused-ring (bicyclic) bond motifs is 1. The molecule has 3 aromatic rings. The first kappa shape index (κ1) is 12.4. The van der Waals surface area contributed by atoms with E-state index in [0.29, 0.717) is 18.0 Å². The van der Waals surface area contributed by atoms with E-state index in [1.165, 1.54) is 18.4 Å². The minimum Gasteiger partial charge on any atom is -0.308 e. The molecule has 4 rings (SSSR count). The van der Waals surface area contributed by atoms with Crippen LogP contribution >= 0.6 is 0 Å². The van der Waals surface area contributed by atoms with Gasteiger partial charge in [-0.2, -0.15) is 5.10 Å². The summed E-state index contributed by atoms with van der Waals surface area (Å²) in [4.78, 5) is 12.6. The zero-order chi connectivity index (χ0) is 14.4. The molecule has 21 heavy (non-hydrogen) atoms. The van der Waals surface area contributed by atoms with Crippen LogP contribution in [0, 0.1) is 6.92 Å². The van der Waals surface area contributed by atoms with Crippen LogP contribution in [0.4, 0.5) is 0 Å². The molecular formula is C17H17N3O. The summed E-state index contributed by atoms with van der Waals surface area (Å²) in [5, 5.41) is 4.50. The van der Waals surface area contributed by atoms with Gasteiger partial charge < -0.3 is 4.57 Å². The molecule has 0 spiro atoms. The molecule has 1 aliphatic carbocycles. The quantitative estimate of drug-likeness (QED) is 0.739. The second-order valence-electron chi connectivity index (χ2n) is 5.89. The predicted octanol–water partition coefficient (Wildman–Crippen LogP) is 2.73. The highest BCUT2D eigenvalue weighted by molar-refractivity contribution is 5.46. The zero-order valence-corrected chi connectivity index (χ0v) is 12.0. The van der Waals surface area contributed by atoms with Gasteiger partial charge in [-0.15, -0.1) is 0 Å². The van der Waals surface area contributed by atoms with Crippen molar-refractivity contribution >= 4 is 5.52 Å². The van der Waals surface area contributed by atoms with E-state index >= 15 is 0 Å². The van der Waals surface area contributed by atoms with Crippen LogP contribution in [0.15, 0.2) is 47.5 Å². The molecular weight excluding hydrogens is 262 g/mol. The third-order valence-electron chi connectivity index (χ3n) is 4.09. The van der Waals surface area contributed by atoms with E-state index in [1.807, 2.05) is 18.5 Å². The molecule has 0 N–H and O–H groups in total. The summed E-state index contributed by atoms with van der Waals surface area (Å²) in [5.41, 5.74) is 4.12. The lowest BCUT2D eigenvalue weighted by molar-refractivity contribution is 0.740. The Morgan fingerprint density at radius 2 is 1.95 bits per heavy atom. The third-order valence-corrected chi connectivity index (χ3v) is 4.09. The van der Waals surface area contributed by atoms with Gasteiger partial charge in [0.25, 0.3) is 5.56 Å². The molecule has 106 valence electrons. The number of hydrogen-bond donors (Lipinski definition) is 0. The molecule has 2 heterocycles. The highest BCUT2D eigenvalue weighted by atomic mass is 16.1. The van der Waals surface area contributed by atoms with E-state index in [-0.39, 0.29) is 5.56 Å². The minimum atomic E-state index is 0.0254. The van der Waals surface area contributed by atoms with Gasteiger partial charge in [-0.3, -0.25) is 4.79 Å². The van der Waals surface area contributed by atoms with E-state index < -0.39 is 0 Å². The highest BCUT2D eigenvalue weighted by Crippen LogP contribution is 2.39. The van der Waals surface area contributed by atoms with Gasteiger partial charge >= 0.3 is 0 Å². The Morgan fingerprint density at radius 3 is 2.67 bits per heavy atom. The van der Waals surface area contributed by atoms with Crippen LogP contribution < -0.4 is 5.56 Å². The van der Waals surface area contributed by atoms with E-state index in [2.05, 4.69) is 36.3 Å². The summed E-state index contributed by atoms with van der Waals surface area (Å²) in [6.07, 6.45) is 6.08. The Bertz CT molecular complexity index is 854. The Balaban J connectivity index is 1.73. The summed E-state index contributed by atoms with van der Waals surface area (Å²) in [6, 6.07) is 10.2. The van der Waals surface area contributed by atoms with Gasteiger partial charge in [-0.05, 0) is 31.4 Å². The van der Waals surface area contributed by atoms with Gasteiger partial charge in [0.15, 0.2) is 0 Å². The minimum absolute atomic E-state index is 0.0254. The van der Waals surface area contributed by atoms with Crippen molar-refractivity contribution in [3.8, 4) is 0 Å². The molecule has 0 bridgehead atoms. The number of rotatable bonds is 3. The van der Waals surface area contributed by atoms with Crippen LogP contribution in [-0.4, -0.2) is 14.2 Å². The first-order valence-corrected chi connectivity index (χ1v) is 7.35. The Morgan fingerprint density at radius 1 is 1.19 bits per heavy atom. The Labute approximate surface area is 122 Å². The molecule has 0 aliphatic heterocycles. The third kappa shape index (κ3) is 2.27. The van der Waals surface area contributed by atoms with E-state index in [0.717, 1.165) is 11.3 Å². The number of aryl methyl sites for hydroxylation is 1. The SMILES string of the molecule is Cc1ccc(Cn2ccn3nc(C4CC4)cc3c2=O)cc1. The topological polar surface area (TPSA) is 39.3 Å². The van der Waals surface area contributed by atoms with Gasteiger partial charge in [-0.1, -0.05) is 29.8 Å². The maximum Gasteiger partial charge on any atom is 0.276 e. The largest absolute Gasteiger partial charge is 0.308 e. The molecule has 4 heteroatoms. The van der Waals surface area contributed by atoms with Crippen LogP contribution in [0.3, 0.4) is 0 Å². The second-order valence-corrected chi connectivity index (χ2v) is 5.89. The van der Waals surface area contributed by atoms with Crippen molar-refractivity contribution in [2.24, 2.45) is 0 Å². The van der Waals surface area contributed by atoms with Crippen LogP contribution in [0.2, 0.25) is 0 Å². The monoisotopic (exact) mass is 279 g/mol. The predicted molar refractivity (Wildman–Crippen MR) is 81.7 cm³/mol. The van der Waals surface area contributed by atoms with Crippen molar-refractivity contribution in [2.75, 3.05) is 0 Å². The smallest absolute Gasteiger partial charge is 0.276 e. The van der Waals surface area contributed by atoms with E-state index in [9.17, 15) is 4.79 Å². The molecule has 2 aromatic heterocycles. The zero-order valence-electron chi connectivity index (χ0n) is 12.0. The first-order chi connectivity index (χ1) is 10.2. The van der Waals surface area contributed by atoms with Crippen LogP contribution in [-0.2, 0) is 6.54 Å². The summed E-state index contributed by atoms with van der Waals surface area (Å²) >= 11 is 0. The van der Waals surface area contributed by atoms with E-state index in [4.69, 9.17) is 0 Å². The molecule has 0 unspecified atom stereocenters. The molecule has 1 aromatic carbocycles. The molecule has 1 fully saturated rings. The van der Waals surface area contributed by atoms with Crippen LogP contribution in [0.5, 0.6) is 0 Å². The van der Waals surface area contributed by atoms with Crippen molar-refractivity contribution in [2.45, 2.75) is 32.2 Å². The van der Waals surface area contributed by atoms with Crippen molar-refractivity contribution in [1.29, 1.82) is 0 Å². The Kier molecular flexibility index (Phi) is 2.70. The molecule has 4 nitrogen and oxygen atoms in total. The lowest BCUT2D eigenvalue weighted by Gasteiger charge is -2.06. The number of hydrogen-bond acceptors (Lipinski definition) is 2. The fraction of sp³-hybridized carbons (Fsp3) is 0.294. The summed E-state index contributed by atoms with van der Waals surface area (Å²) in [7, 11) is 0. The number of benzene rings is 1. The van der Waals surface area contributed by atoms with Crippen molar-refractivity contribution < 1.29 is 0 Å². The number of aromatic nitrogens is 3. The molecule has 0 saturated heterocycles. The van der Waals surface area contributed by atoms with Crippen LogP contribution in [0.25, 0.3) is 5.52 Å². The molecule has 0 radical (unpaired) electrons. The normalized spacial score (nSPS) is 14.7. The standard InChI is InChI=1S/C17H17N3O/c1-12-2-4-13(5-3-12)11-19-8-9-20-16(17(19)21)10-15(18-20)14-6-7-14/h2-5,8-10,14H,6-7,11H2,1H3. The molecule has 1 aliphatic rings. The fourth-order valence-corrected chi connectivity index (χ4v) is 2.64. The summed E-state index contributed by atoms with van der Waals surface area (Å²) in [5.74, 6) is 0.565. The molecule has 0 amide bonds. The van der Waals surface area contributed by atoms with Gasteiger partial charge in [-0.25, -0.2) is 4.52 Å². The maximum absolute atomic E-state index is 12.6.